The molecule has 6 heteroatoms. The van der Waals surface area contributed by atoms with Crippen LogP contribution >= 0.6 is 0 Å². The predicted molar refractivity (Wildman–Crippen MR) is 77.7 cm³/mol. The number of nitrogens with zero attached hydrogens (tertiary/aromatic N) is 6. The van der Waals surface area contributed by atoms with E-state index in [1.165, 1.54) is 0 Å². The van der Waals surface area contributed by atoms with Crippen molar-refractivity contribution >= 4 is 11.8 Å². The molecule has 2 aromatic rings. The first-order valence-electron chi connectivity index (χ1n) is 6.78. The highest BCUT2D eigenvalue weighted by molar-refractivity contribution is 5.39. The van der Waals surface area contributed by atoms with Crippen LogP contribution in [0.3, 0.4) is 0 Å². The predicted octanol–water partition coefficient (Wildman–Crippen LogP) is 1.67. The third kappa shape index (κ3) is 2.41. The third-order valence-electron chi connectivity index (χ3n) is 3.50. The van der Waals surface area contributed by atoms with Gasteiger partial charge in [0.2, 0.25) is 5.95 Å². The first-order chi connectivity index (χ1) is 9.75. The summed E-state index contributed by atoms with van der Waals surface area (Å²) < 4.78 is 0. The molecule has 0 spiro atoms. The molecular formula is C14H18N6. The maximum absolute atomic E-state index is 4.70. The van der Waals surface area contributed by atoms with Crippen LogP contribution in [0.4, 0.5) is 11.8 Å². The van der Waals surface area contributed by atoms with E-state index >= 15 is 0 Å². The molecule has 0 N–H and O–H groups in total. The van der Waals surface area contributed by atoms with Crippen LogP contribution in [0.5, 0.6) is 0 Å². The minimum absolute atomic E-state index is 0.213. The summed E-state index contributed by atoms with van der Waals surface area (Å²) in [4.78, 5) is 21.9. The van der Waals surface area contributed by atoms with Gasteiger partial charge in [-0.25, -0.2) is 15.0 Å². The average molecular weight is 270 g/mol. The summed E-state index contributed by atoms with van der Waals surface area (Å²) in [7, 11) is 3.95. The SMILES string of the molecule is CN(C)c1cncc([C@@H]2CCCN2c2ncccn2)n1. The van der Waals surface area contributed by atoms with Gasteiger partial charge in [0.1, 0.15) is 5.82 Å². The van der Waals surface area contributed by atoms with Gasteiger partial charge >= 0.3 is 0 Å². The number of rotatable bonds is 3. The summed E-state index contributed by atoms with van der Waals surface area (Å²) in [5.41, 5.74) is 0.987. The Morgan fingerprint density at radius 1 is 1.20 bits per heavy atom. The molecule has 3 heterocycles. The maximum atomic E-state index is 4.70. The summed E-state index contributed by atoms with van der Waals surface area (Å²) in [5.74, 6) is 1.65. The van der Waals surface area contributed by atoms with Crippen LogP contribution in [0.2, 0.25) is 0 Å². The molecule has 0 aliphatic carbocycles. The van der Waals surface area contributed by atoms with Gasteiger partial charge in [0.05, 0.1) is 24.1 Å². The normalized spacial score (nSPS) is 18.3. The van der Waals surface area contributed by atoms with Crippen LogP contribution in [0.1, 0.15) is 24.6 Å². The Bertz CT molecular complexity index is 571. The van der Waals surface area contributed by atoms with Gasteiger partial charge in [-0.15, -0.1) is 0 Å². The van der Waals surface area contributed by atoms with Gasteiger partial charge in [0.25, 0.3) is 0 Å². The number of anilines is 2. The number of hydrogen-bond donors (Lipinski definition) is 0. The minimum atomic E-state index is 0.213. The van der Waals surface area contributed by atoms with E-state index in [9.17, 15) is 0 Å². The van der Waals surface area contributed by atoms with E-state index in [2.05, 4.69) is 19.9 Å². The molecule has 104 valence electrons. The van der Waals surface area contributed by atoms with Crippen LogP contribution in [-0.2, 0) is 0 Å². The molecule has 1 fully saturated rings. The zero-order chi connectivity index (χ0) is 13.9. The zero-order valence-corrected chi connectivity index (χ0v) is 11.8. The first kappa shape index (κ1) is 12.8. The number of hydrogen-bond acceptors (Lipinski definition) is 6. The highest BCUT2D eigenvalue weighted by Crippen LogP contribution is 2.33. The van der Waals surface area contributed by atoms with Crippen molar-refractivity contribution in [2.45, 2.75) is 18.9 Å². The Hall–Kier alpha value is -2.24. The lowest BCUT2D eigenvalue weighted by Crippen LogP contribution is -2.25. The topological polar surface area (TPSA) is 58.0 Å². The van der Waals surface area contributed by atoms with Gasteiger partial charge in [0.15, 0.2) is 0 Å². The van der Waals surface area contributed by atoms with Crippen LogP contribution in [0.15, 0.2) is 30.9 Å². The summed E-state index contributed by atoms with van der Waals surface area (Å²) in [6.07, 6.45) is 9.36. The summed E-state index contributed by atoms with van der Waals surface area (Å²) >= 11 is 0. The molecule has 1 saturated heterocycles. The molecular weight excluding hydrogens is 252 g/mol. The van der Waals surface area contributed by atoms with Crippen molar-refractivity contribution < 1.29 is 0 Å². The second-order valence-corrected chi connectivity index (χ2v) is 5.10. The lowest BCUT2D eigenvalue weighted by Gasteiger charge is -2.24. The monoisotopic (exact) mass is 270 g/mol. The largest absolute Gasteiger partial charge is 0.361 e. The van der Waals surface area contributed by atoms with Gasteiger partial charge in [-0.2, -0.15) is 0 Å². The Morgan fingerprint density at radius 2 is 2.00 bits per heavy atom. The number of aromatic nitrogens is 4. The van der Waals surface area contributed by atoms with E-state index in [4.69, 9.17) is 4.98 Å². The lowest BCUT2D eigenvalue weighted by atomic mass is 10.1. The summed E-state index contributed by atoms with van der Waals surface area (Å²) in [6.45, 7) is 0.961. The van der Waals surface area contributed by atoms with Gasteiger partial charge in [-0.05, 0) is 18.9 Å². The molecule has 3 rings (SSSR count). The fraction of sp³-hybridized carbons (Fsp3) is 0.429. The summed E-state index contributed by atoms with van der Waals surface area (Å²) in [5, 5.41) is 0. The Labute approximate surface area is 118 Å². The van der Waals surface area contributed by atoms with E-state index in [1.54, 1.807) is 18.6 Å². The first-order valence-corrected chi connectivity index (χ1v) is 6.78. The Kier molecular flexibility index (Phi) is 3.45. The van der Waals surface area contributed by atoms with Crippen LogP contribution in [0.25, 0.3) is 0 Å². The zero-order valence-electron chi connectivity index (χ0n) is 11.8. The fourth-order valence-electron chi connectivity index (χ4n) is 2.50. The second-order valence-electron chi connectivity index (χ2n) is 5.10. The third-order valence-corrected chi connectivity index (χ3v) is 3.50. The quantitative estimate of drug-likeness (QED) is 0.845. The standard InChI is InChI=1S/C14H18N6/c1-19(2)13-10-15-9-11(18-13)12-5-3-8-20(12)14-16-6-4-7-17-14/h4,6-7,9-10,12H,3,5,8H2,1-2H3/t12-/m0/s1. The van der Waals surface area contributed by atoms with Crippen molar-refractivity contribution in [3.63, 3.8) is 0 Å². The van der Waals surface area contributed by atoms with E-state index < -0.39 is 0 Å². The molecule has 1 aliphatic heterocycles. The van der Waals surface area contributed by atoms with Crippen molar-refractivity contribution in [3.05, 3.63) is 36.5 Å². The molecule has 0 unspecified atom stereocenters. The molecule has 6 nitrogen and oxygen atoms in total. The molecule has 2 aromatic heterocycles. The van der Waals surface area contributed by atoms with E-state index in [1.807, 2.05) is 31.3 Å². The van der Waals surface area contributed by atoms with E-state index in [-0.39, 0.29) is 6.04 Å². The van der Waals surface area contributed by atoms with Gasteiger partial charge in [-0.3, -0.25) is 4.98 Å². The molecule has 0 radical (unpaired) electrons. The van der Waals surface area contributed by atoms with Crippen LogP contribution in [0, 0.1) is 0 Å². The van der Waals surface area contributed by atoms with Crippen molar-refractivity contribution in [3.8, 4) is 0 Å². The van der Waals surface area contributed by atoms with Crippen molar-refractivity contribution in [2.75, 3.05) is 30.4 Å². The molecule has 1 atom stereocenters. The molecule has 0 amide bonds. The summed E-state index contributed by atoms with van der Waals surface area (Å²) in [6, 6.07) is 2.05. The van der Waals surface area contributed by atoms with Crippen molar-refractivity contribution in [1.29, 1.82) is 0 Å². The highest BCUT2D eigenvalue weighted by Gasteiger charge is 2.29. The average Bonchev–Trinajstić information content (AvgIpc) is 2.98. The smallest absolute Gasteiger partial charge is 0.225 e. The Balaban J connectivity index is 1.91. The molecule has 0 bridgehead atoms. The molecule has 0 aromatic carbocycles. The van der Waals surface area contributed by atoms with Crippen molar-refractivity contribution in [1.82, 2.24) is 19.9 Å². The molecule has 0 saturated carbocycles. The Morgan fingerprint density at radius 3 is 2.75 bits per heavy atom. The van der Waals surface area contributed by atoms with Crippen molar-refractivity contribution in [2.24, 2.45) is 0 Å². The highest BCUT2D eigenvalue weighted by atomic mass is 15.3. The van der Waals surface area contributed by atoms with Gasteiger partial charge < -0.3 is 9.80 Å². The maximum Gasteiger partial charge on any atom is 0.225 e. The fourth-order valence-corrected chi connectivity index (χ4v) is 2.50. The van der Waals surface area contributed by atoms with E-state index in [0.29, 0.717) is 0 Å². The molecule has 20 heavy (non-hydrogen) atoms. The molecule has 1 aliphatic rings. The van der Waals surface area contributed by atoms with Crippen LogP contribution < -0.4 is 9.80 Å². The van der Waals surface area contributed by atoms with Gasteiger partial charge in [-0.1, -0.05) is 0 Å². The van der Waals surface area contributed by atoms with Crippen LogP contribution in [-0.4, -0.2) is 40.6 Å². The lowest BCUT2D eigenvalue weighted by molar-refractivity contribution is 0.674. The second kappa shape index (κ2) is 5.40. The van der Waals surface area contributed by atoms with E-state index in [0.717, 1.165) is 36.8 Å². The minimum Gasteiger partial charge on any atom is -0.361 e. The van der Waals surface area contributed by atoms with Gasteiger partial charge in [0, 0.05) is 33.0 Å².